The zero-order valence-corrected chi connectivity index (χ0v) is 14.6. The molecule has 0 aliphatic heterocycles. The molecule has 1 N–H and O–H groups in total. The first-order chi connectivity index (χ1) is 12.1. The van der Waals surface area contributed by atoms with E-state index in [9.17, 15) is 4.79 Å². The molecule has 6 heteroatoms. The fourth-order valence-corrected chi connectivity index (χ4v) is 1.94. The van der Waals surface area contributed by atoms with Gasteiger partial charge in [-0.3, -0.25) is 4.79 Å². The molecule has 1 amide bonds. The summed E-state index contributed by atoms with van der Waals surface area (Å²) in [6, 6.07) is 14.4. The largest absolute Gasteiger partial charge is 0.497 e. The van der Waals surface area contributed by atoms with E-state index in [0.717, 1.165) is 17.1 Å². The van der Waals surface area contributed by atoms with E-state index in [1.807, 2.05) is 38.1 Å². The van der Waals surface area contributed by atoms with Gasteiger partial charge < -0.3 is 14.2 Å². The second kappa shape index (κ2) is 9.32. The van der Waals surface area contributed by atoms with Crippen LogP contribution in [0.15, 0.2) is 53.6 Å². The van der Waals surface area contributed by atoms with Gasteiger partial charge in [-0.2, -0.15) is 5.10 Å². The minimum Gasteiger partial charge on any atom is -0.497 e. The van der Waals surface area contributed by atoms with E-state index >= 15 is 0 Å². The van der Waals surface area contributed by atoms with Crippen molar-refractivity contribution in [3.63, 3.8) is 0 Å². The molecule has 2 aromatic rings. The van der Waals surface area contributed by atoms with Crippen molar-refractivity contribution in [2.24, 2.45) is 5.10 Å². The summed E-state index contributed by atoms with van der Waals surface area (Å²) in [5.41, 5.74) is 3.27. The molecule has 2 aromatic carbocycles. The lowest BCUT2D eigenvalue weighted by molar-refractivity contribution is -0.123. The van der Waals surface area contributed by atoms with E-state index in [-0.39, 0.29) is 18.6 Å². The highest BCUT2D eigenvalue weighted by Crippen LogP contribution is 2.16. The fourth-order valence-electron chi connectivity index (χ4n) is 1.94. The van der Waals surface area contributed by atoms with E-state index in [1.54, 1.807) is 37.6 Å². The van der Waals surface area contributed by atoms with Crippen molar-refractivity contribution in [2.45, 2.75) is 20.0 Å². The second-order valence-electron chi connectivity index (χ2n) is 5.49. The number of benzene rings is 2. The molecule has 132 valence electrons. The average molecular weight is 342 g/mol. The van der Waals surface area contributed by atoms with Crippen LogP contribution >= 0.6 is 0 Å². The fraction of sp³-hybridized carbons (Fsp3) is 0.263. The number of hydrogen-bond acceptors (Lipinski definition) is 5. The number of carbonyl (C=O) groups is 1. The van der Waals surface area contributed by atoms with Gasteiger partial charge in [0.1, 0.15) is 17.2 Å². The second-order valence-corrected chi connectivity index (χ2v) is 5.49. The van der Waals surface area contributed by atoms with Crippen molar-refractivity contribution < 1.29 is 19.0 Å². The molecule has 6 nitrogen and oxygen atoms in total. The smallest absolute Gasteiger partial charge is 0.277 e. The first-order valence-corrected chi connectivity index (χ1v) is 7.92. The number of carbonyl (C=O) groups excluding carboxylic acids is 1. The van der Waals surface area contributed by atoms with E-state index in [4.69, 9.17) is 14.2 Å². The summed E-state index contributed by atoms with van der Waals surface area (Å²) >= 11 is 0. The van der Waals surface area contributed by atoms with Gasteiger partial charge in [0.15, 0.2) is 6.61 Å². The van der Waals surface area contributed by atoms with Crippen molar-refractivity contribution in [1.29, 1.82) is 0 Å². The van der Waals surface area contributed by atoms with Crippen LogP contribution in [0.1, 0.15) is 19.4 Å². The van der Waals surface area contributed by atoms with Gasteiger partial charge in [-0.25, -0.2) is 5.43 Å². The predicted molar refractivity (Wildman–Crippen MR) is 96.4 cm³/mol. The molecular weight excluding hydrogens is 320 g/mol. The van der Waals surface area contributed by atoms with Crippen LogP contribution in [-0.2, 0) is 4.79 Å². The maximum atomic E-state index is 11.7. The maximum absolute atomic E-state index is 11.7. The van der Waals surface area contributed by atoms with Crippen molar-refractivity contribution in [2.75, 3.05) is 13.7 Å². The minimum atomic E-state index is -0.341. The minimum absolute atomic E-state index is 0.120. The monoisotopic (exact) mass is 342 g/mol. The number of nitrogens with one attached hydrogen (secondary N) is 1. The SMILES string of the molecule is COc1ccc(OCC(=O)N/N=C\c2ccc(OC(C)C)cc2)cc1. The van der Waals surface area contributed by atoms with Gasteiger partial charge in [0, 0.05) is 0 Å². The van der Waals surface area contributed by atoms with Gasteiger partial charge >= 0.3 is 0 Å². The zero-order chi connectivity index (χ0) is 18.1. The molecule has 0 aromatic heterocycles. The average Bonchev–Trinajstić information content (AvgIpc) is 2.61. The van der Waals surface area contributed by atoms with Crippen molar-refractivity contribution >= 4 is 12.1 Å². The zero-order valence-electron chi connectivity index (χ0n) is 14.6. The lowest BCUT2D eigenvalue weighted by atomic mass is 10.2. The number of hydrazone groups is 1. The van der Waals surface area contributed by atoms with Gasteiger partial charge in [0.2, 0.25) is 0 Å². The summed E-state index contributed by atoms with van der Waals surface area (Å²) in [4.78, 5) is 11.7. The molecule has 0 spiro atoms. The van der Waals surface area contributed by atoms with E-state index in [0.29, 0.717) is 5.75 Å². The van der Waals surface area contributed by atoms with Crippen LogP contribution in [0.4, 0.5) is 0 Å². The molecule has 0 heterocycles. The standard InChI is InChI=1S/C19H22N2O4/c1-14(2)25-18-6-4-15(5-7-18)12-20-21-19(22)13-24-17-10-8-16(23-3)9-11-17/h4-12,14H,13H2,1-3H3,(H,21,22)/b20-12-. The summed E-state index contributed by atoms with van der Waals surface area (Å²) in [6.45, 7) is 3.82. The van der Waals surface area contributed by atoms with Crippen molar-refractivity contribution in [1.82, 2.24) is 5.43 Å². The lowest BCUT2D eigenvalue weighted by Gasteiger charge is -2.09. The molecule has 0 fully saturated rings. The van der Waals surface area contributed by atoms with Crippen LogP contribution in [0.5, 0.6) is 17.2 Å². The Hall–Kier alpha value is -3.02. The third-order valence-corrected chi connectivity index (χ3v) is 3.08. The Morgan fingerprint density at radius 3 is 2.24 bits per heavy atom. The number of methoxy groups -OCH3 is 1. The molecule has 0 atom stereocenters. The van der Waals surface area contributed by atoms with Gasteiger partial charge in [0.25, 0.3) is 5.91 Å². The quantitative estimate of drug-likeness (QED) is 0.591. The highest BCUT2D eigenvalue weighted by molar-refractivity contribution is 5.83. The number of nitrogens with zero attached hydrogens (tertiary/aromatic N) is 1. The summed E-state index contributed by atoms with van der Waals surface area (Å²) in [5, 5.41) is 3.91. The Morgan fingerprint density at radius 1 is 1.04 bits per heavy atom. The van der Waals surface area contributed by atoms with Crippen molar-refractivity contribution in [3.8, 4) is 17.2 Å². The normalized spacial score (nSPS) is 10.7. The van der Waals surface area contributed by atoms with Crippen molar-refractivity contribution in [3.05, 3.63) is 54.1 Å². The van der Waals surface area contributed by atoms with Gasteiger partial charge in [-0.1, -0.05) is 0 Å². The Morgan fingerprint density at radius 2 is 1.64 bits per heavy atom. The summed E-state index contributed by atoms with van der Waals surface area (Å²) in [5.74, 6) is 1.77. The van der Waals surface area contributed by atoms with Gasteiger partial charge in [-0.05, 0) is 67.9 Å². The Balaban J connectivity index is 1.75. The first kappa shape index (κ1) is 18.3. The van der Waals surface area contributed by atoms with Crippen LogP contribution in [0.2, 0.25) is 0 Å². The predicted octanol–water partition coefficient (Wildman–Crippen LogP) is 3.01. The molecule has 25 heavy (non-hydrogen) atoms. The van der Waals surface area contributed by atoms with Crippen LogP contribution in [-0.4, -0.2) is 31.9 Å². The molecule has 0 saturated heterocycles. The Labute approximate surface area is 147 Å². The summed E-state index contributed by atoms with van der Waals surface area (Å²) < 4.78 is 16.0. The maximum Gasteiger partial charge on any atom is 0.277 e. The summed E-state index contributed by atoms with van der Waals surface area (Å²) in [7, 11) is 1.59. The molecule has 2 rings (SSSR count). The topological polar surface area (TPSA) is 69.2 Å². The highest BCUT2D eigenvalue weighted by atomic mass is 16.5. The first-order valence-electron chi connectivity index (χ1n) is 7.92. The number of ether oxygens (including phenoxy) is 3. The van der Waals surface area contributed by atoms with Crippen LogP contribution in [0.25, 0.3) is 0 Å². The molecule has 0 unspecified atom stereocenters. The summed E-state index contributed by atoms with van der Waals surface area (Å²) in [6.07, 6.45) is 1.69. The molecule has 0 aliphatic carbocycles. The van der Waals surface area contributed by atoms with E-state index in [1.165, 1.54) is 0 Å². The van der Waals surface area contributed by atoms with Crippen LogP contribution in [0, 0.1) is 0 Å². The van der Waals surface area contributed by atoms with E-state index < -0.39 is 0 Å². The number of amides is 1. The van der Waals surface area contributed by atoms with Gasteiger partial charge in [0.05, 0.1) is 19.4 Å². The number of rotatable bonds is 8. The molecular formula is C19H22N2O4. The third-order valence-electron chi connectivity index (χ3n) is 3.08. The van der Waals surface area contributed by atoms with E-state index in [2.05, 4.69) is 10.5 Å². The Bertz CT molecular complexity index is 694. The molecule has 0 bridgehead atoms. The number of hydrogen-bond donors (Lipinski definition) is 1. The molecule has 0 aliphatic rings. The molecule has 0 saturated carbocycles. The van der Waals surface area contributed by atoms with Crippen LogP contribution in [0.3, 0.4) is 0 Å². The van der Waals surface area contributed by atoms with Gasteiger partial charge in [-0.15, -0.1) is 0 Å². The lowest BCUT2D eigenvalue weighted by Crippen LogP contribution is -2.24. The Kier molecular flexibility index (Phi) is 6.83. The third kappa shape index (κ3) is 6.55. The highest BCUT2D eigenvalue weighted by Gasteiger charge is 2.02. The molecule has 0 radical (unpaired) electrons. The van der Waals surface area contributed by atoms with Crippen LogP contribution < -0.4 is 19.6 Å².